The molecule has 1 aromatic rings. The lowest BCUT2D eigenvalue weighted by molar-refractivity contribution is -0.137. The first-order valence-electron chi connectivity index (χ1n) is 5.52. The molecule has 0 aliphatic carbocycles. The van der Waals surface area contributed by atoms with E-state index in [1.165, 1.54) is 23.2 Å². The van der Waals surface area contributed by atoms with E-state index in [-0.39, 0.29) is 23.5 Å². The van der Waals surface area contributed by atoms with Crippen LogP contribution in [0, 0.1) is 5.92 Å². The van der Waals surface area contributed by atoms with Gasteiger partial charge in [0.05, 0.1) is 0 Å². The van der Waals surface area contributed by atoms with Gasteiger partial charge in [-0.15, -0.1) is 0 Å². The summed E-state index contributed by atoms with van der Waals surface area (Å²) in [7, 11) is 0. The van der Waals surface area contributed by atoms with Gasteiger partial charge in [-0.3, -0.25) is 9.59 Å². The fourth-order valence-electron chi connectivity index (χ4n) is 1.54. The highest BCUT2D eigenvalue weighted by Gasteiger charge is 2.19. The normalized spacial score (nSPS) is 10.4. The Morgan fingerprint density at radius 3 is 2.67 bits per heavy atom. The molecule has 0 aromatic carbocycles. The van der Waals surface area contributed by atoms with Crippen LogP contribution in [0.3, 0.4) is 0 Å². The van der Waals surface area contributed by atoms with Crippen LogP contribution in [0.5, 0.6) is 0 Å². The minimum absolute atomic E-state index is 0.186. The first kappa shape index (κ1) is 14.4. The Hall–Kier alpha value is -1.62. The van der Waals surface area contributed by atoms with E-state index in [1.807, 2.05) is 13.8 Å². The fraction of sp³-hybridized carbons (Fsp3) is 0.417. The second kappa shape index (κ2) is 6.35. The molecule has 0 radical (unpaired) electrons. The maximum atomic E-state index is 12.1. The summed E-state index contributed by atoms with van der Waals surface area (Å²) in [5.74, 6) is -1.20. The molecular weight excluding hydrogens is 256 g/mol. The average Bonchev–Trinajstić information content (AvgIpc) is 2.26. The molecular formula is C12H15ClN2O3. The fourth-order valence-corrected chi connectivity index (χ4v) is 1.72. The smallest absolute Gasteiger partial charge is 0.323 e. The topological polar surface area (TPSA) is 70.5 Å². The SMILES string of the molecule is CC(C)CN(CC(=O)O)C(=O)c1ccnc(Cl)c1. The molecule has 5 nitrogen and oxygen atoms in total. The van der Waals surface area contributed by atoms with Crippen LogP contribution in [0.25, 0.3) is 0 Å². The van der Waals surface area contributed by atoms with E-state index >= 15 is 0 Å². The summed E-state index contributed by atoms with van der Waals surface area (Å²) in [5.41, 5.74) is 0.344. The van der Waals surface area contributed by atoms with Crippen molar-refractivity contribution in [1.29, 1.82) is 0 Å². The van der Waals surface area contributed by atoms with E-state index < -0.39 is 5.97 Å². The van der Waals surface area contributed by atoms with Gasteiger partial charge in [0.2, 0.25) is 0 Å². The van der Waals surface area contributed by atoms with Gasteiger partial charge in [0.25, 0.3) is 5.91 Å². The van der Waals surface area contributed by atoms with E-state index in [9.17, 15) is 9.59 Å². The van der Waals surface area contributed by atoms with Crippen molar-refractivity contribution in [3.8, 4) is 0 Å². The lowest BCUT2D eigenvalue weighted by atomic mass is 10.1. The number of pyridine rings is 1. The molecule has 0 saturated carbocycles. The Balaban J connectivity index is 2.90. The lowest BCUT2D eigenvalue weighted by Crippen LogP contribution is -2.38. The Kier molecular flexibility index (Phi) is 5.09. The molecule has 6 heteroatoms. The Bertz CT molecular complexity index is 449. The second-order valence-corrected chi connectivity index (χ2v) is 4.73. The van der Waals surface area contributed by atoms with Gasteiger partial charge in [-0.2, -0.15) is 0 Å². The first-order chi connectivity index (χ1) is 8.40. The number of carbonyl (C=O) groups excluding carboxylic acids is 1. The number of carbonyl (C=O) groups is 2. The van der Waals surface area contributed by atoms with E-state index in [1.54, 1.807) is 0 Å². The maximum Gasteiger partial charge on any atom is 0.323 e. The first-order valence-corrected chi connectivity index (χ1v) is 5.90. The van der Waals surface area contributed by atoms with Crippen LogP contribution in [0.2, 0.25) is 5.15 Å². The van der Waals surface area contributed by atoms with Gasteiger partial charge < -0.3 is 10.0 Å². The van der Waals surface area contributed by atoms with Gasteiger partial charge in [-0.05, 0) is 18.1 Å². The molecule has 1 rings (SSSR count). The highest BCUT2D eigenvalue weighted by atomic mass is 35.5. The van der Waals surface area contributed by atoms with Crippen molar-refractivity contribution in [2.24, 2.45) is 5.92 Å². The second-order valence-electron chi connectivity index (χ2n) is 4.34. The van der Waals surface area contributed by atoms with Crippen LogP contribution >= 0.6 is 11.6 Å². The minimum Gasteiger partial charge on any atom is -0.480 e. The van der Waals surface area contributed by atoms with Crippen LogP contribution in [-0.4, -0.2) is 40.0 Å². The van der Waals surface area contributed by atoms with Gasteiger partial charge in [-0.25, -0.2) is 4.98 Å². The van der Waals surface area contributed by atoms with Gasteiger partial charge >= 0.3 is 5.97 Å². The average molecular weight is 271 g/mol. The van der Waals surface area contributed by atoms with Gasteiger partial charge in [-0.1, -0.05) is 25.4 Å². The Morgan fingerprint density at radius 2 is 2.17 bits per heavy atom. The summed E-state index contributed by atoms with van der Waals surface area (Å²) in [6.45, 7) is 3.89. The molecule has 0 atom stereocenters. The number of carboxylic acids is 1. The molecule has 0 aliphatic rings. The third-order valence-corrected chi connectivity index (χ3v) is 2.38. The highest BCUT2D eigenvalue weighted by molar-refractivity contribution is 6.29. The summed E-state index contributed by atoms with van der Waals surface area (Å²) in [4.78, 5) is 28.0. The number of halogens is 1. The minimum atomic E-state index is -1.04. The Morgan fingerprint density at radius 1 is 1.50 bits per heavy atom. The Labute approximate surface area is 110 Å². The summed E-state index contributed by atoms with van der Waals surface area (Å²) in [6, 6.07) is 2.95. The molecule has 1 heterocycles. The molecule has 1 N–H and O–H groups in total. The lowest BCUT2D eigenvalue weighted by Gasteiger charge is -2.22. The van der Waals surface area contributed by atoms with Gasteiger partial charge in [0.15, 0.2) is 0 Å². The summed E-state index contributed by atoms with van der Waals surface area (Å²) in [6.07, 6.45) is 1.42. The van der Waals surface area contributed by atoms with Crippen LogP contribution in [0.15, 0.2) is 18.3 Å². The van der Waals surface area contributed by atoms with Crippen molar-refractivity contribution in [1.82, 2.24) is 9.88 Å². The van der Waals surface area contributed by atoms with Crippen LogP contribution < -0.4 is 0 Å². The van der Waals surface area contributed by atoms with Crippen molar-refractivity contribution in [2.75, 3.05) is 13.1 Å². The van der Waals surface area contributed by atoms with E-state index in [0.29, 0.717) is 12.1 Å². The summed E-state index contributed by atoms with van der Waals surface area (Å²) < 4.78 is 0. The number of aromatic nitrogens is 1. The zero-order chi connectivity index (χ0) is 13.7. The van der Waals surface area contributed by atoms with Crippen molar-refractivity contribution in [2.45, 2.75) is 13.8 Å². The third kappa shape index (κ3) is 4.33. The molecule has 0 fully saturated rings. The number of amides is 1. The zero-order valence-electron chi connectivity index (χ0n) is 10.3. The number of rotatable bonds is 5. The molecule has 1 aromatic heterocycles. The van der Waals surface area contributed by atoms with Gasteiger partial charge in [0.1, 0.15) is 11.7 Å². The highest BCUT2D eigenvalue weighted by Crippen LogP contribution is 2.11. The van der Waals surface area contributed by atoms with Crippen molar-refractivity contribution in [3.63, 3.8) is 0 Å². The van der Waals surface area contributed by atoms with Crippen molar-refractivity contribution in [3.05, 3.63) is 29.0 Å². The predicted octanol–water partition coefficient (Wildman–Crippen LogP) is 1.92. The third-order valence-electron chi connectivity index (χ3n) is 2.17. The van der Waals surface area contributed by atoms with E-state index in [0.717, 1.165) is 0 Å². The number of hydrogen-bond donors (Lipinski definition) is 1. The maximum absolute atomic E-state index is 12.1. The van der Waals surface area contributed by atoms with Crippen LogP contribution in [0.4, 0.5) is 0 Å². The zero-order valence-corrected chi connectivity index (χ0v) is 11.0. The van der Waals surface area contributed by atoms with E-state index in [2.05, 4.69) is 4.98 Å². The number of aliphatic carboxylic acids is 1. The molecule has 18 heavy (non-hydrogen) atoms. The van der Waals surface area contributed by atoms with Crippen LogP contribution in [-0.2, 0) is 4.79 Å². The largest absolute Gasteiger partial charge is 0.480 e. The molecule has 98 valence electrons. The summed E-state index contributed by atoms with van der Waals surface area (Å²) >= 11 is 5.71. The number of carboxylic acid groups (broad SMARTS) is 1. The molecule has 0 saturated heterocycles. The molecule has 0 aliphatic heterocycles. The number of nitrogens with zero attached hydrogens (tertiary/aromatic N) is 2. The van der Waals surface area contributed by atoms with Crippen molar-refractivity contribution < 1.29 is 14.7 Å². The van der Waals surface area contributed by atoms with Crippen molar-refractivity contribution >= 4 is 23.5 Å². The predicted molar refractivity (Wildman–Crippen MR) is 67.6 cm³/mol. The molecule has 0 bridgehead atoms. The van der Waals surface area contributed by atoms with Crippen LogP contribution in [0.1, 0.15) is 24.2 Å². The monoisotopic (exact) mass is 270 g/mol. The summed E-state index contributed by atoms with van der Waals surface area (Å²) in [5, 5.41) is 9.02. The quantitative estimate of drug-likeness (QED) is 0.830. The van der Waals surface area contributed by atoms with Gasteiger partial charge in [0, 0.05) is 18.3 Å². The molecule has 0 unspecified atom stereocenters. The number of hydrogen-bond acceptors (Lipinski definition) is 3. The molecule has 0 spiro atoms. The molecule has 1 amide bonds. The van der Waals surface area contributed by atoms with E-state index in [4.69, 9.17) is 16.7 Å². The standard InChI is InChI=1S/C12H15ClN2O3/c1-8(2)6-15(7-11(16)17)12(18)9-3-4-14-10(13)5-9/h3-5,8H,6-7H2,1-2H3,(H,16,17).